The largest absolute Gasteiger partial charge is 0.383 e. The number of Topliss-reactive ketones (excluding diaryl/α,β-unsaturated/α-hetero) is 2. The maximum absolute atomic E-state index is 11.7. The molecule has 2 rings (SSSR count). The number of carbonyl (C=O) groups is 2. The molecule has 0 saturated heterocycles. The van der Waals surface area contributed by atoms with Crippen LogP contribution in [0.4, 0.5) is 0 Å². The van der Waals surface area contributed by atoms with E-state index in [0.717, 1.165) is 15.3 Å². The summed E-state index contributed by atoms with van der Waals surface area (Å²) in [6.07, 6.45) is 2.45. The summed E-state index contributed by atoms with van der Waals surface area (Å²) in [4.78, 5) is 26.1. The van der Waals surface area contributed by atoms with Crippen molar-refractivity contribution in [3.63, 3.8) is 0 Å². The lowest BCUT2D eigenvalue weighted by atomic mass is 10.2. The van der Waals surface area contributed by atoms with E-state index in [4.69, 9.17) is 0 Å². The fourth-order valence-electron chi connectivity index (χ4n) is 1.66. The molecule has 0 bridgehead atoms. The summed E-state index contributed by atoms with van der Waals surface area (Å²) in [6, 6.07) is 7.49. The monoisotopic (exact) mass is 335 g/mol. The van der Waals surface area contributed by atoms with Crippen molar-refractivity contribution in [1.29, 1.82) is 0 Å². The summed E-state index contributed by atoms with van der Waals surface area (Å²) in [7, 11) is 3.82. The van der Waals surface area contributed by atoms with Crippen molar-refractivity contribution in [1.82, 2.24) is 4.90 Å². The van der Waals surface area contributed by atoms with Crippen LogP contribution in [0.3, 0.4) is 0 Å². The molecule has 118 valence electrons. The van der Waals surface area contributed by atoms with E-state index >= 15 is 0 Å². The van der Waals surface area contributed by atoms with Crippen LogP contribution < -0.4 is 0 Å². The molecule has 0 fully saturated rings. The third-order valence-electron chi connectivity index (χ3n) is 2.67. The van der Waals surface area contributed by atoms with Gasteiger partial charge in [-0.05, 0) is 29.8 Å². The minimum atomic E-state index is 0.115. The van der Waals surface area contributed by atoms with Crippen molar-refractivity contribution in [2.45, 2.75) is 20.3 Å². The molecule has 0 amide bonds. The normalized spacial score (nSPS) is 10.6. The molecule has 2 aromatic heterocycles. The van der Waals surface area contributed by atoms with Crippen LogP contribution in [0.5, 0.6) is 0 Å². The highest BCUT2D eigenvalue weighted by atomic mass is 32.1. The first-order valence-corrected chi connectivity index (χ1v) is 8.71. The van der Waals surface area contributed by atoms with Gasteiger partial charge >= 0.3 is 0 Å². The molecule has 0 spiro atoms. The summed E-state index contributed by atoms with van der Waals surface area (Å²) < 4.78 is 0. The van der Waals surface area contributed by atoms with E-state index in [1.54, 1.807) is 0 Å². The molecule has 3 nitrogen and oxygen atoms in total. The standard InChI is InChI=1S/C10H13NOS.C7H8OS/c1-8(7-11(2)3)10(12)9-5-4-6-13-9;1-2-6(8)7-4-3-5-9-7/h4-7H,1-3H3;3-5H,2H2,1H3. The molecular weight excluding hydrogens is 314 g/mol. The zero-order chi connectivity index (χ0) is 16.5. The topological polar surface area (TPSA) is 37.4 Å². The van der Waals surface area contributed by atoms with Crippen LogP contribution in [0.25, 0.3) is 0 Å². The van der Waals surface area contributed by atoms with Crippen LogP contribution in [-0.4, -0.2) is 30.6 Å². The number of hydrogen-bond acceptors (Lipinski definition) is 5. The Bertz CT molecular complexity index is 611. The molecule has 0 saturated carbocycles. The summed E-state index contributed by atoms with van der Waals surface area (Å²) in [5, 5.41) is 3.83. The SMILES string of the molecule is CC(=CN(C)C)C(=O)c1cccs1.CCC(=O)c1cccs1. The Balaban J connectivity index is 0.000000235. The molecule has 0 aliphatic heterocycles. The maximum atomic E-state index is 11.7. The zero-order valence-corrected chi connectivity index (χ0v) is 15.0. The summed E-state index contributed by atoms with van der Waals surface area (Å²) >= 11 is 2.98. The minimum absolute atomic E-state index is 0.115. The van der Waals surface area contributed by atoms with Gasteiger partial charge in [0.1, 0.15) is 0 Å². The molecule has 0 N–H and O–H groups in total. The van der Waals surface area contributed by atoms with E-state index in [1.807, 2.05) is 74.1 Å². The first kappa shape index (κ1) is 18.3. The summed E-state index contributed by atoms with van der Waals surface area (Å²) in [5.74, 6) is 0.355. The molecule has 0 aliphatic carbocycles. The van der Waals surface area contributed by atoms with Crippen LogP contribution >= 0.6 is 22.7 Å². The van der Waals surface area contributed by atoms with E-state index in [2.05, 4.69) is 0 Å². The Morgan fingerprint density at radius 3 is 2.05 bits per heavy atom. The Morgan fingerprint density at radius 1 is 1.09 bits per heavy atom. The first-order chi connectivity index (χ1) is 10.5. The van der Waals surface area contributed by atoms with Gasteiger partial charge in [0.25, 0.3) is 0 Å². The second kappa shape index (κ2) is 9.33. The Labute approximate surface area is 139 Å². The number of hydrogen-bond donors (Lipinski definition) is 0. The molecule has 2 aromatic rings. The molecule has 0 aromatic carbocycles. The highest BCUT2D eigenvalue weighted by Gasteiger charge is 2.08. The first-order valence-electron chi connectivity index (χ1n) is 6.95. The molecule has 22 heavy (non-hydrogen) atoms. The summed E-state index contributed by atoms with van der Waals surface area (Å²) in [6.45, 7) is 3.71. The third-order valence-corrected chi connectivity index (χ3v) is 4.45. The van der Waals surface area contributed by atoms with Crippen molar-refractivity contribution < 1.29 is 9.59 Å². The molecule has 0 radical (unpaired) electrons. The van der Waals surface area contributed by atoms with Gasteiger partial charge < -0.3 is 4.90 Å². The molecule has 5 heteroatoms. The van der Waals surface area contributed by atoms with E-state index in [0.29, 0.717) is 6.42 Å². The van der Waals surface area contributed by atoms with E-state index < -0.39 is 0 Å². The van der Waals surface area contributed by atoms with Crippen molar-refractivity contribution in [2.24, 2.45) is 0 Å². The Hall–Kier alpha value is -1.72. The molecular formula is C17H21NO2S2. The van der Waals surface area contributed by atoms with Gasteiger partial charge in [0, 0.05) is 32.3 Å². The molecule has 0 aliphatic rings. The van der Waals surface area contributed by atoms with Gasteiger partial charge in [0.05, 0.1) is 9.75 Å². The number of ketones is 2. The fraction of sp³-hybridized carbons (Fsp3) is 0.294. The number of carbonyl (C=O) groups excluding carboxylic acids is 2. The number of nitrogens with zero attached hydrogens (tertiary/aromatic N) is 1. The highest BCUT2D eigenvalue weighted by molar-refractivity contribution is 7.12. The van der Waals surface area contributed by atoms with Gasteiger partial charge in [-0.3, -0.25) is 9.59 Å². The zero-order valence-electron chi connectivity index (χ0n) is 13.3. The summed E-state index contributed by atoms with van der Waals surface area (Å²) in [5.41, 5.74) is 0.771. The second-order valence-electron chi connectivity index (χ2n) is 4.84. The average Bonchev–Trinajstić information content (AvgIpc) is 3.18. The Morgan fingerprint density at radius 2 is 1.64 bits per heavy atom. The molecule has 2 heterocycles. The van der Waals surface area contributed by atoms with Crippen LogP contribution in [0.1, 0.15) is 39.6 Å². The predicted octanol–water partition coefficient (Wildman–Crippen LogP) is 4.74. The smallest absolute Gasteiger partial charge is 0.200 e. The van der Waals surface area contributed by atoms with Gasteiger partial charge in [0.2, 0.25) is 0 Å². The molecule has 0 atom stereocenters. The van der Waals surface area contributed by atoms with Crippen LogP contribution in [-0.2, 0) is 0 Å². The van der Waals surface area contributed by atoms with Crippen LogP contribution in [0.2, 0.25) is 0 Å². The van der Waals surface area contributed by atoms with Crippen molar-refractivity contribution in [2.75, 3.05) is 14.1 Å². The van der Waals surface area contributed by atoms with Crippen molar-refractivity contribution in [3.8, 4) is 0 Å². The van der Waals surface area contributed by atoms with Gasteiger partial charge in [-0.15, -0.1) is 22.7 Å². The van der Waals surface area contributed by atoms with Crippen molar-refractivity contribution in [3.05, 3.63) is 56.6 Å². The van der Waals surface area contributed by atoms with Gasteiger partial charge in [-0.1, -0.05) is 19.1 Å². The Kier molecular flexibility index (Phi) is 7.77. The third kappa shape index (κ3) is 5.95. The number of allylic oxidation sites excluding steroid dienone is 1. The number of rotatable bonds is 5. The van der Waals surface area contributed by atoms with E-state index in [1.165, 1.54) is 22.7 Å². The van der Waals surface area contributed by atoms with E-state index in [-0.39, 0.29) is 11.6 Å². The number of thiophene rings is 2. The highest BCUT2D eigenvalue weighted by Crippen LogP contribution is 2.14. The minimum Gasteiger partial charge on any atom is -0.383 e. The van der Waals surface area contributed by atoms with Crippen LogP contribution in [0, 0.1) is 0 Å². The van der Waals surface area contributed by atoms with Gasteiger partial charge in [-0.2, -0.15) is 0 Å². The van der Waals surface area contributed by atoms with Gasteiger partial charge in [0.15, 0.2) is 11.6 Å². The fourth-order valence-corrected chi connectivity index (χ4v) is 3.13. The lowest BCUT2D eigenvalue weighted by molar-refractivity contribution is 0.0990. The van der Waals surface area contributed by atoms with E-state index in [9.17, 15) is 9.59 Å². The molecule has 0 unspecified atom stereocenters. The lowest BCUT2D eigenvalue weighted by Crippen LogP contribution is -2.06. The van der Waals surface area contributed by atoms with Crippen molar-refractivity contribution >= 4 is 34.2 Å². The average molecular weight is 335 g/mol. The lowest BCUT2D eigenvalue weighted by Gasteiger charge is -2.06. The quantitative estimate of drug-likeness (QED) is 0.585. The van der Waals surface area contributed by atoms with Gasteiger partial charge in [-0.25, -0.2) is 0 Å². The predicted molar refractivity (Wildman–Crippen MR) is 95.0 cm³/mol. The second-order valence-corrected chi connectivity index (χ2v) is 6.73. The van der Waals surface area contributed by atoms with Crippen LogP contribution in [0.15, 0.2) is 46.8 Å². The maximum Gasteiger partial charge on any atom is 0.200 e.